The first kappa shape index (κ1) is 14.9. The number of hydrogen-bond acceptors (Lipinski definition) is 2. The zero-order chi connectivity index (χ0) is 15.7. The van der Waals surface area contributed by atoms with Crippen LogP contribution in [0.3, 0.4) is 0 Å². The van der Waals surface area contributed by atoms with Crippen LogP contribution in [0.5, 0.6) is 5.75 Å². The molecule has 0 fully saturated rings. The van der Waals surface area contributed by atoms with Crippen LogP contribution in [0.2, 0.25) is 10.0 Å². The van der Waals surface area contributed by atoms with Gasteiger partial charge in [0.15, 0.2) is 5.78 Å². The van der Waals surface area contributed by atoms with Crippen molar-refractivity contribution in [3.05, 3.63) is 75.8 Å². The number of ketones is 1. The summed E-state index contributed by atoms with van der Waals surface area (Å²) in [6.07, 6.45) is 0. The van der Waals surface area contributed by atoms with Crippen molar-refractivity contribution >= 4 is 39.8 Å². The minimum atomic E-state index is -0.109. The van der Waals surface area contributed by atoms with Crippen LogP contribution in [0.25, 0.3) is 10.8 Å². The number of benzene rings is 3. The summed E-state index contributed by atoms with van der Waals surface area (Å²) in [6.45, 7) is 0. The molecule has 110 valence electrons. The smallest absolute Gasteiger partial charge is 0.193 e. The quantitative estimate of drug-likeness (QED) is 0.602. The molecular formula is C18H12Cl2O2. The van der Waals surface area contributed by atoms with E-state index in [0.29, 0.717) is 21.2 Å². The van der Waals surface area contributed by atoms with Crippen LogP contribution in [0.1, 0.15) is 15.9 Å². The molecule has 22 heavy (non-hydrogen) atoms. The lowest BCUT2D eigenvalue weighted by Gasteiger charge is -2.06. The van der Waals surface area contributed by atoms with Crippen molar-refractivity contribution in [2.75, 3.05) is 7.11 Å². The van der Waals surface area contributed by atoms with Gasteiger partial charge in [0.25, 0.3) is 0 Å². The summed E-state index contributed by atoms with van der Waals surface area (Å²) in [5.41, 5.74) is 1.07. The van der Waals surface area contributed by atoms with E-state index in [1.165, 1.54) is 0 Å². The van der Waals surface area contributed by atoms with Gasteiger partial charge < -0.3 is 4.74 Å². The molecule has 0 unspecified atom stereocenters. The highest BCUT2D eigenvalue weighted by Crippen LogP contribution is 2.25. The van der Waals surface area contributed by atoms with Gasteiger partial charge in [0, 0.05) is 21.2 Å². The predicted molar refractivity (Wildman–Crippen MR) is 90.4 cm³/mol. The molecule has 0 aromatic heterocycles. The molecule has 0 bridgehead atoms. The van der Waals surface area contributed by atoms with Gasteiger partial charge in [-0.1, -0.05) is 41.4 Å². The molecule has 0 saturated carbocycles. The Kier molecular flexibility index (Phi) is 4.06. The first-order valence-corrected chi connectivity index (χ1v) is 7.41. The van der Waals surface area contributed by atoms with Crippen molar-refractivity contribution in [2.24, 2.45) is 0 Å². The van der Waals surface area contributed by atoms with E-state index in [4.69, 9.17) is 27.9 Å². The van der Waals surface area contributed by atoms with Gasteiger partial charge in [0.1, 0.15) is 5.75 Å². The van der Waals surface area contributed by atoms with Gasteiger partial charge in [-0.2, -0.15) is 0 Å². The second kappa shape index (κ2) is 5.99. The van der Waals surface area contributed by atoms with Gasteiger partial charge >= 0.3 is 0 Å². The summed E-state index contributed by atoms with van der Waals surface area (Å²) in [5.74, 6) is 0.676. The molecule has 0 radical (unpaired) electrons. The van der Waals surface area contributed by atoms with E-state index >= 15 is 0 Å². The fourth-order valence-corrected chi connectivity index (χ4v) is 2.87. The molecule has 0 saturated heterocycles. The first-order valence-electron chi connectivity index (χ1n) is 6.65. The number of ether oxygens (including phenoxy) is 1. The lowest BCUT2D eigenvalue weighted by atomic mass is 10.00. The van der Waals surface area contributed by atoms with Crippen molar-refractivity contribution in [3.8, 4) is 5.75 Å². The summed E-state index contributed by atoms with van der Waals surface area (Å²) < 4.78 is 5.20. The molecule has 3 rings (SSSR count). The Hall–Kier alpha value is -2.03. The highest BCUT2D eigenvalue weighted by atomic mass is 35.5. The standard InChI is InChI=1S/C18H12Cl2O2/c1-22-17-5-4-11-6-13(3-2-12(11)9-17)18(21)14-7-15(19)10-16(20)8-14/h2-10H,1H3. The maximum absolute atomic E-state index is 12.6. The van der Waals surface area contributed by atoms with Crippen LogP contribution >= 0.6 is 23.2 Å². The van der Waals surface area contributed by atoms with E-state index in [9.17, 15) is 4.79 Å². The van der Waals surface area contributed by atoms with Crippen LogP contribution in [0, 0.1) is 0 Å². The summed E-state index contributed by atoms with van der Waals surface area (Å²) in [4.78, 5) is 12.6. The summed E-state index contributed by atoms with van der Waals surface area (Å²) in [5, 5.41) is 2.88. The number of carbonyl (C=O) groups is 1. The van der Waals surface area contributed by atoms with E-state index in [2.05, 4.69) is 0 Å². The van der Waals surface area contributed by atoms with E-state index in [1.807, 2.05) is 30.3 Å². The Morgan fingerprint density at radius 1 is 0.818 bits per heavy atom. The van der Waals surface area contributed by atoms with Gasteiger partial charge in [-0.25, -0.2) is 0 Å². The van der Waals surface area contributed by atoms with Crippen molar-refractivity contribution in [2.45, 2.75) is 0 Å². The fourth-order valence-electron chi connectivity index (χ4n) is 2.34. The second-order valence-corrected chi connectivity index (χ2v) is 5.79. The lowest BCUT2D eigenvalue weighted by molar-refractivity contribution is 0.103. The van der Waals surface area contributed by atoms with E-state index in [1.54, 1.807) is 31.4 Å². The third-order valence-corrected chi connectivity index (χ3v) is 3.87. The molecule has 4 heteroatoms. The Balaban J connectivity index is 2.04. The zero-order valence-corrected chi connectivity index (χ0v) is 13.3. The zero-order valence-electron chi connectivity index (χ0n) is 11.8. The minimum absolute atomic E-state index is 0.109. The maximum Gasteiger partial charge on any atom is 0.193 e. The molecular weight excluding hydrogens is 319 g/mol. The van der Waals surface area contributed by atoms with Crippen LogP contribution in [-0.4, -0.2) is 12.9 Å². The maximum atomic E-state index is 12.6. The van der Waals surface area contributed by atoms with Gasteiger partial charge in [0.2, 0.25) is 0 Å². The van der Waals surface area contributed by atoms with E-state index in [0.717, 1.165) is 16.5 Å². The van der Waals surface area contributed by atoms with Crippen LogP contribution in [-0.2, 0) is 0 Å². The van der Waals surface area contributed by atoms with Crippen LogP contribution < -0.4 is 4.74 Å². The average molecular weight is 331 g/mol. The number of hydrogen-bond donors (Lipinski definition) is 0. The Morgan fingerprint density at radius 3 is 2.14 bits per heavy atom. The summed E-state index contributed by atoms with van der Waals surface area (Å²) in [7, 11) is 1.63. The van der Waals surface area contributed by atoms with Crippen molar-refractivity contribution in [1.29, 1.82) is 0 Å². The van der Waals surface area contributed by atoms with Crippen molar-refractivity contribution in [1.82, 2.24) is 0 Å². The first-order chi connectivity index (χ1) is 10.6. The molecule has 3 aromatic rings. The normalized spacial score (nSPS) is 10.7. The van der Waals surface area contributed by atoms with Crippen LogP contribution in [0.15, 0.2) is 54.6 Å². The largest absolute Gasteiger partial charge is 0.497 e. The Labute approximate surface area is 138 Å². The Morgan fingerprint density at radius 2 is 1.45 bits per heavy atom. The molecule has 3 aromatic carbocycles. The number of methoxy groups -OCH3 is 1. The molecule has 0 aliphatic rings. The molecule has 0 aliphatic carbocycles. The third kappa shape index (κ3) is 2.94. The average Bonchev–Trinajstić information content (AvgIpc) is 2.52. The van der Waals surface area contributed by atoms with Gasteiger partial charge in [-0.05, 0) is 47.2 Å². The monoisotopic (exact) mass is 330 g/mol. The molecule has 0 amide bonds. The van der Waals surface area contributed by atoms with E-state index < -0.39 is 0 Å². The minimum Gasteiger partial charge on any atom is -0.497 e. The van der Waals surface area contributed by atoms with Gasteiger partial charge in [0.05, 0.1) is 7.11 Å². The second-order valence-electron chi connectivity index (χ2n) is 4.92. The number of fused-ring (bicyclic) bond motifs is 1. The van der Waals surface area contributed by atoms with Gasteiger partial charge in [-0.15, -0.1) is 0 Å². The summed E-state index contributed by atoms with van der Waals surface area (Å²) in [6, 6.07) is 16.1. The summed E-state index contributed by atoms with van der Waals surface area (Å²) >= 11 is 11.9. The predicted octanol–water partition coefficient (Wildman–Crippen LogP) is 5.39. The molecule has 0 atom stereocenters. The van der Waals surface area contributed by atoms with Crippen LogP contribution in [0.4, 0.5) is 0 Å². The molecule has 0 heterocycles. The molecule has 0 spiro atoms. The fraction of sp³-hybridized carbons (Fsp3) is 0.0556. The molecule has 0 N–H and O–H groups in total. The Bertz CT molecular complexity index is 852. The third-order valence-electron chi connectivity index (χ3n) is 3.43. The van der Waals surface area contributed by atoms with E-state index in [-0.39, 0.29) is 5.78 Å². The molecule has 0 aliphatic heterocycles. The SMILES string of the molecule is COc1ccc2cc(C(=O)c3cc(Cl)cc(Cl)c3)ccc2c1. The number of halogens is 2. The van der Waals surface area contributed by atoms with Crippen molar-refractivity contribution < 1.29 is 9.53 Å². The highest BCUT2D eigenvalue weighted by Gasteiger charge is 2.11. The number of rotatable bonds is 3. The molecule has 2 nitrogen and oxygen atoms in total. The highest BCUT2D eigenvalue weighted by molar-refractivity contribution is 6.35. The van der Waals surface area contributed by atoms with Gasteiger partial charge in [-0.3, -0.25) is 4.79 Å². The van der Waals surface area contributed by atoms with Crippen molar-refractivity contribution in [3.63, 3.8) is 0 Å². The lowest BCUT2D eigenvalue weighted by Crippen LogP contribution is -2.01. The number of carbonyl (C=O) groups excluding carboxylic acids is 1. The topological polar surface area (TPSA) is 26.3 Å².